The number of imidazole rings is 1. The maximum Gasteiger partial charge on any atom is 0.175 e. The summed E-state index contributed by atoms with van der Waals surface area (Å²) in [6, 6.07) is 15.9. The van der Waals surface area contributed by atoms with Gasteiger partial charge in [0.1, 0.15) is 5.82 Å². The first-order chi connectivity index (χ1) is 16.4. The van der Waals surface area contributed by atoms with Crippen LogP contribution in [0.25, 0.3) is 22.4 Å². The zero-order chi connectivity index (χ0) is 23.8. The summed E-state index contributed by atoms with van der Waals surface area (Å²) in [5, 5.41) is 0. The highest BCUT2D eigenvalue weighted by atomic mass is 35.5. The SMILES string of the molecule is CC1(N2CCC(n3c(-c4cccc(S(C)(=O)=O)c4)nc4ccccc43)CC2)CCCCCCC1.Cl.Cl. The first kappa shape index (κ1) is 29.0. The average molecular weight is 553 g/mol. The first-order valence-electron chi connectivity index (χ1n) is 12.9. The molecule has 1 saturated carbocycles. The second-order valence-corrected chi connectivity index (χ2v) is 12.6. The molecule has 3 aromatic rings. The van der Waals surface area contributed by atoms with Crippen molar-refractivity contribution < 1.29 is 8.42 Å². The van der Waals surface area contributed by atoms with Crippen molar-refractivity contribution in [2.24, 2.45) is 0 Å². The summed E-state index contributed by atoms with van der Waals surface area (Å²) in [4.78, 5) is 8.09. The molecule has 0 atom stereocenters. The molecule has 36 heavy (non-hydrogen) atoms. The third-order valence-corrected chi connectivity index (χ3v) is 9.25. The summed E-state index contributed by atoms with van der Waals surface area (Å²) in [5.74, 6) is 0.877. The summed E-state index contributed by atoms with van der Waals surface area (Å²) in [5.41, 5.74) is 3.30. The van der Waals surface area contributed by atoms with E-state index < -0.39 is 9.84 Å². The highest BCUT2D eigenvalue weighted by Crippen LogP contribution is 2.38. The number of hydrogen-bond acceptors (Lipinski definition) is 4. The molecular formula is C28H39Cl2N3O2S. The van der Waals surface area contributed by atoms with Crippen LogP contribution in [-0.2, 0) is 9.84 Å². The van der Waals surface area contributed by atoms with Crippen LogP contribution in [0.1, 0.15) is 70.8 Å². The zero-order valence-electron chi connectivity index (χ0n) is 21.4. The van der Waals surface area contributed by atoms with Crippen LogP contribution >= 0.6 is 24.8 Å². The predicted molar refractivity (Wildman–Crippen MR) is 153 cm³/mol. The number of sulfone groups is 1. The Morgan fingerprint density at radius 3 is 2.19 bits per heavy atom. The van der Waals surface area contributed by atoms with Gasteiger partial charge in [-0.05, 0) is 56.9 Å². The van der Waals surface area contributed by atoms with Gasteiger partial charge in [-0.15, -0.1) is 24.8 Å². The molecule has 0 spiro atoms. The van der Waals surface area contributed by atoms with Crippen molar-refractivity contribution >= 4 is 45.7 Å². The average Bonchev–Trinajstić information content (AvgIpc) is 3.21. The van der Waals surface area contributed by atoms with Crippen LogP contribution in [0.3, 0.4) is 0 Å². The number of hydrogen-bond donors (Lipinski definition) is 0. The van der Waals surface area contributed by atoms with Crippen molar-refractivity contribution in [3.63, 3.8) is 0 Å². The molecule has 2 aliphatic rings. The number of nitrogens with zero attached hydrogens (tertiary/aromatic N) is 3. The van der Waals surface area contributed by atoms with Gasteiger partial charge in [0.05, 0.1) is 15.9 Å². The highest BCUT2D eigenvalue weighted by molar-refractivity contribution is 7.90. The summed E-state index contributed by atoms with van der Waals surface area (Å²) in [6.45, 7) is 4.71. The lowest BCUT2D eigenvalue weighted by Crippen LogP contribution is -2.50. The predicted octanol–water partition coefficient (Wildman–Crippen LogP) is 7.09. The molecule has 0 radical (unpaired) electrons. The van der Waals surface area contributed by atoms with Gasteiger partial charge in [-0.1, -0.05) is 56.4 Å². The lowest BCUT2D eigenvalue weighted by Gasteiger charge is -2.46. The molecule has 1 saturated heterocycles. The van der Waals surface area contributed by atoms with Crippen molar-refractivity contribution in [2.45, 2.75) is 81.2 Å². The van der Waals surface area contributed by atoms with E-state index in [9.17, 15) is 8.42 Å². The van der Waals surface area contributed by atoms with E-state index in [2.05, 4.69) is 34.6 Å². The fourth-order valence-electron chi connectivity index (χ4n) is 6.13. The molecule has 2 fully saturated rings. The van der Waals surface area contributed by atoms with Crippen molar-refractivity contribution in [1.29, 1.82) is 0 Å². The molecule has 2 heterocycles. The Hall–Kier alpha value is -1.60. The molecule has 5 nitrogen and oxygen atoms in total. The first-order valence-corrected chi connectivity index (χ1v) is 14.8. The molecule has 1 aliphatic heterocycles. The van der Waals surface area contributed by atoms with Crippen LogP contribution < -0.4 is 0 Å². The van der Waals surface area contributed by atoms with Gasteiger partial charge in [0.25, 0.3) is 0 Å². The van der Waals surface area contributed by atoms with Crippen LogP contribution in [-0.4, -0.2) is 47.8 Å². The van der Waals surface area contributed by atoms with Crippen LogP contribution in [0, 0.1) is 0 Å². The summed E-state index contributed by atoms with van der Waals surface area (Å²) < 4.78 is 26.8. The quantitative estimate of drug-likeness (QED) is 0.347. The highest BCUT2D eigenvalue weighted by Gasteiger charge is 2.35. The van der Waals surface area contributed by atoms with Crippen LogP contribution in [0.15, 0.2) is 53.4 Å². The Balaban J connectivity index is 0.00000180. The second kappa shape index (κ2) is 11.8. The maximum absolute atomic E-state index is 12.2. The van der Waals surface area contributed by atoms with Crippen LogP contribution in [0.5, 0.6) is 0 Å². The molecule has 0 N–H and O–H groups in total. The standard InChI is InChI=1S/C28H37N3O2S.2ClH/c1-28(17-8-4-3-5-9-18-28)30-19-15-23(16-20-30)31-26-14-7-6-13-25(26)29-27(31)22-11-10-12-24(21-22)34(2,32)33;;/h6-7,10-14,21,23H,3-5,8-9,15-20H2,1-2H3;2*1H. The monoisotopic (exact) mass is 551 g/mol. The maximum atomic E-state index is 12.2. The number of aromatic nitrogens is 2. The van der Waals surface area contributed by atoms with Gasteiger partial charge in [0.15, 0.2) is 9.84 Å². The minimum Gasteiger partial charge on any atom is -0.321 e. The second-order valence-electron chi connectivity index (χ2n) is 10.6. The zero-order valence-corrected chi connectivity index (χ0v) is 23.8. The van der Waals surface area contributed by atoms with Crippen LogP contribution in [0.2, 0.25) is 0 Å². The lowest BCUT2D eigenvalue weighted by atomic mass is 9.82. The van der Waals surface area contributed by atoms with Crippen LogP contribution in [0.4, 0.5) is 0 Å². The van der Waals surface area contributed by atoms with Gasteiger partial charge >= 0.3 is 0 Å². The smallest absolute Gasteiger partial charge is 0.175 e. The largest absolute Gasteiger partial charge is 0.321 e. The molecular weight excluding hydrogens is 513 g/mol. The lowest BCUT2D eigenvalue weighted by molar-refractivity contribution is 0.0443. The van der Waals surface area contributed by atoms with Gasteiger partial charge in [0, 0.05) is 36.5 Å². The van der Waals surface area contributed by atoms with Gasteiger partial charge in [-0.3, -0.25) is 4.90 Å². The molecule has 8 heteroatoms. The van der Waals surface area contributed by atoms with E-state index in [4.69, 9.17) is 4.98 Å². The van der Waals surface area contributed by atoms with Crippen molar-refractivity contribution in [1.82, 2.24) is 14.5 Å². The van der Waals surface area contributed by atoms with Gasteiger partial charge < -0.3 is 4.57 Å². The number of halogens is 2. The van der Waals surface area contributed by atoms with E-state index in [1.54, 1.807) is 12.1 Å². The van der Waals surface area contributed by atoms with Crippen molar-refractivity contribution in [3.05, 3.63) is 48.5 Å². The topological polar surface area (TPSA) is 55.2 Å². The summed E-state index contributed by atoms with van der Waals surface area (Å²) in [6.07, 6.45) is 12.9. The molecule has 1 aliphatic carbocycles. The Morgan fingerprint density at radius 1 is 0.889 bits per heavy atom. The fraction of sp³-hybridized carbons (Fsp3) is 0.536. The Labute approximate surface area is 228 Å². The fourth-order valence-corrected chi connectivity index (χ4v) is 6.80. The van der Waals surface area contributed by atoms with E-state index in [0.29, 0.717) is 16.5 Å². The number of likely N-dealkylation sites (tertiary alicyclic amines) is 1. The minimum atomic E-state index is -3.28. The molecule has 0 amide bonds. The third kappa shape index (κ3) is 5.93. The summed E-state index contributed by atoms with van der Waals surface area (Å²) in [7, 11) is -3.28. The van der Waals surface area contributed by atoms with E-state index >= 15 is 0 Å². The molecule has 198 valence electrons. The van der Waals surface area contributed by atoms with Gasteiger partial charge in [-0.25, -0.2) is 13.4 Å². The van der Waals surface area contributed by atoms with E-state index in [1.165, 1.54) is 51.2 Å². The molecule has 2 aromatic carbocycles. The van der Waals surface area contributed by atoms with Crippen molar-refractivity contribution in [2.75, 3.05) is 19.3 Å². The summed E-state index contributed by atoms with van der Waals surface area (Å²) >= 11 is 0. The third-order valence-electron chi connectivity index (χ3n) is 8.14. The normalized spacial score (nSPS) is 19.6. The number of piperidine rings is 1. The Bertz CT molecular complexity index is 1260. The van der Waals surface area contributed by atoms with Crippen molar-refractivity contribution in [3.8, 4) is 11.4 Å². The van der Waals surface area contributed by atoms with Gasteiger partial charge in [0.2, 0.25) is 0 Å². The number of para-hydroxylation sites is 2. The molecule has 0 bridgehead atoms. The van der Waals surface area contributed by atoms with E-state index in [0.717, 1.165) is 48.4 Å². The Kier molecular flexibility index (Phi) is 9.53. The molecule has 1 aromatic heterocycles. The van der Waals surface area contributed by atoms with E-state index in [-0.39, 0.29) is 24.8 Å². The molecule has 5 rings (SSSR count). The minimum absolute atomic E-state index is 0. The van der Waals surface area contributed by atoms with Gasteiger partial charge in [-0.2, -0.15) is 0 Å². The molecule has 0 unspecified atom stereocenters. The Morgan fingerprint density at radius 2 is 1.53 bits per heavy atom. The van der Waals surface area contributed by atoms with E-state index in [1.807, 2.05) is 18.2 Å². The number of fused-ring (bicyclic) bond motifs is 1. The number of benzene rings is 2. The number of rotatable bonds is 4.